The molecule has 0 aliphatic rings. The molecule has 3 nitrogen and oxygen atoms in total. The highest BCUT2D eigenvalue weighted by Crippen LogP contribution is 2.03. The number of hydrogen-bond donors (Lipinski definition) is 0. The average molecular weight is 197 g/mol. The smallest absolute Gasteiger partial charge is 0.0670 e. The topological polar surface area (TPSA) is 41.6 Å². The third kappa shape index (κ3) is 2.44. The molecule has 0 saturated heterocycles. The molecule has 74 valence electrons. The van der Waals surface area contributed by atoms with Crippen LogP contribution in [-0.4, -0.2) is 9.78 Å². The molecule has 2 aromatic rings. The summed E-state index contributed by atoms with van der Waals surface area (Å²) < 4.78 is 1.85. The summed E-state index contributed by atoms with van der Waals surface area (Å²) in [5.41, 5.74) is 2.18. The van der Waals surface area contributed by atoms with Crippen LogP contribution < -0.4 is 0 Å². The summed E-state index contributed by atoms with van der Waals surface area (Å²) in [5.74, 6) is 0. The van der Waals surface area contributed by atoms with Crippen molar-refractivity contribution in [3.8, 4) is 6.07 Å². The number of aromatic nitrogens is 2. The van der Waals surface area contributed by atoms with Gasteiger partial charge in [0.15, 0.2) is 0 Å². The maximum absolute atomic E-state index is 8.53. The first-order valence-electron chi connectivity index (χ1n) is 4.80. The van der Waals surface area contributed by atoms with Crippen LogP contribution >= 0.6 is 0 Å². The molecule has 0 bridgehead atoms. The van der Waals surface area contributed by atoms with Gasteiger partial charge in [0.1, 0.15) is 0 Å². The van der Waals surface area contributed by atoms with E-state index in [9.17, 15) is 0 Å². The maximum Gasteiger partial charge on any atom is 0.0670 e. The third-order valence-electron chi connectivity index (χ3n) is 2.16. The van der Waals surface area contributed by atoms with Crippen molar-refractivity contribution < 1.29 is 0 Å². The predicted molar refractivity (Wildman–Crippen MR) is 57.1 cm³/mol. The summed E-state index contributed by atoms with van der Waals surface area (Å²) >= 11 is 0. The van der Waals surface area contributed by atoms with Gasteiger partial charge in [0.2, 0.25) is 0 Å². The Labute approximate surface area is 88.6 Å². The summed E-state index contributed by atoms with van der Waals surface area (Å²) in [4.78, 5) is 0. The van der Waals surface area contributed by atoms with Crippen molar-refractivity contribution in [2.75, 3.05) is 0 Å². The molecule has 15 heavy (non-hydrogen) atoms. The van der Waals surface area contributed by atoms with Gasteiger partial charge >= 0.3 is 0 Å². The summed E-state index contributed by atoms with van der Waals surface area (Å²) in [6.07, 6.45) is 4.08. The molecule has 0 unspecified atom stereocenters. The molecule has 0 spiro atoms. The van der Waals surface area contributed by atoms with Crippen LogP contribution in [0.3, 0.4) is 0 Å². The fraction of sp³-hybridized carbons (Fsp3) is 0.167. The van der Waals surface area contributed by atoms with Crippen molar-refractivity contribution >= 4 is 0 Å². The predicted octanol–water partition coefficient (Wildman–Crippen LogP) is 2.00. The highest BCUT2D eigenvalue weighted by molar-refractivity contribution is 5.16. The molecule has 2 rings (SSSR count). The molecule has 1 aromatic heterocycles. The summed E-state index contributed by atoms with van der Waals surface area (Å²) in [7, 11) is 0. The van der Waals surface area contributed by atoms with Crippen LogP contribution in [0.1, 0.15) is 11.1 Å². The molecular weight excluding hydrogens is 186 g/mol. The monoisotopic (exact) mass is 197 g/mol. The molecule has 0 amide bonds. The number of hydrogen-bond acceptors (Lipinski definition) is 2. The van der Waals surface area contributed by atoms with Gasteiger partial charge in [-0.1, -0.05) is 30.3 Å². The van der Waals surface area contributed by atoms with Crippen LogP contribution in [0.25, 0.3) is 0 Å². The van der Waals surface area contributed by atoms with Crippen LogP contribution in [0.5, 0.6) is 0 Å². The van der Waals surface area contributed by atoms with Crippen LogP contribution in [0.2, 0.25) is 0 Å². The second-order valence-electron chi connectivity index (χ2n) is 3.37. The standard InChI is InChI=1S/C12H11N3/c13-7-6-12-8-14-15(10-12)9-11-4-2-1-3-5-11/h1-5,8,10H,6,9H2. The lowest BCUT2D eigenvalue weighted by atomic mass is 10.2. The van der Waals surface area contributed by atoms with E-state index in [0.717, 1.165) is 12.1 Å². The zero-order valence-electron chi connectivity index (χ0n) is 8.30. The SMILES string of the molecule is N#CCc1cnn(Cc2ccccc2)c1. The Kier molecular flexibility index (Phi) is 2.80. The second-order valence-corrected chi connectivity index (χ2v) is 3.37. The lowest BCUT2D eigenvalue weighted by Crippen LogP contribution is -1.99. The van der Waals surface area contributed by atoms with Gasteiger partial charge in [-0.25, -0.2) is 0 Å². The van der Waals surface area contributed by atoms with Crippen LogP contribution in [0.15, 0.2) is 42.7 Å². The molecule has 0 aliphatic heterocycles. The second kappa shape index (κ2) is 4.43. The molecule has 1 heterocycles. The highest BCUT2D eigenvalue weighted by atomic mass is 15.3. The van der Waals surface area contributed by atoms with E-state index in [2.05, 4.69) is 23.3 Å². The lowest BCUT2D eigenvalue weighted by molar-refractivity contribution is 0.686. The van der Waals surface area contributed by atoms with Crippen molar-refractivity contribution in [2.24, 2.45) is 0 Å². The van der Waals surface area contributed by atoms with Crippen molar-refractivity contribution in [3.63, 3.8) is 0 Å². The zero-order valence-corrected chi connectivity index (χ0v) is 8.30. The quantitative estimate of drug-likeness (QED) is 0.755. The Bertz CT molecular complexity index is 465. The van der Waals surface area contributed by atoms with E-state index in [0.29, 0.717) is 6.42 Å². The van der Waals surface area contributed by atoms with Crippen LogP contribution in [-0.2, 0) is 13.0 Å². The van der Waals surface area contributed by atoms with Gasteiger partial charge in [-0.15, -0.1) is 0 Å². The summed E-state index contributed by atoms with van der Waals surface area (Å²) in [5, 5.41) is 12.7. The normalized spacial score (nSPS) is 9.80. The highest BCUT2D eigenvalue weighted by Gasteiger charge is 1.98. The van der Waals surface area contributed by atoms with Crippen LogP contribution in [0.4, 0.5) is 0 Å². The van der Waals surface area contributed by atoms with Gasteiger partial charge in [0.25, 0.3) is 0 Å². The van der Waals surface area contributed by atoms with E-state index in [1.165, 1.54) is 5.56 Å². The van der Waals surface area contributed by atoms with Crippen LogP contribution in [0, 0.1) is 11.3 Å². The van der Waals surface area contributed by atoms with Gasteiger partial charge in [-0.3, -0.25) is 4.68 Å². The van der Waals surface area contributed by atoms with E-state index in [4.69, 9.17) is 5.26 Å². The molecule has 0 fully saturated rings. The van der Waals surface area contributed by atoms with Gasteiger partial charge in [-0.05, 0) is 5.56 Å². The molecule has 0 saturated carbocycles. The van der Waals surface area contributed by atoms with E-state index >= 15 is 0 Å². The van der Waals surface area contributed by atoms with E-state index in [1.807, 2.05) is 29.1 Å². The molecule has 1 aromatic carbocycles. The van der Waals surface area contributed by atoms with Crippen molar-refractivity contribution in [1.82, 2.24) is 9.78 Å². The Balaban J connectivity index is 2.09. The maximum atomic E-state index is 8.53. The number of nitrogens with zero attached hydrogens (tertiary/aromatic N) is 3. The molecular formula is C12H11N3. The van der Waals surface area contributed by atoms with E-state index in [-0.39, 0.29) is 0 Å². The number of nitriles is 1. The fourth-order valence-corrected chi connectivity index (χ4v) is 1.45. The molecule has 0 aliphatic carbocycles. The minimum atomic E-state index is 0.425. The number of benzene rings is 1. The Hall–Kier alpha value is -2.08. The third-order valence-corrected chi connectivity index (χ3v) is 2.16. The first kappa shape index (κ1) is 9.47. The largest absolute Gasteiger partial charge is 0.268 e. The zero-order chi connectivity index (χ0) is 10.5. The summed E-state index contributed by atoms with van der Waals surface area (Å²) in [6, 6.07) is 12.2. The van der Waals surface area contributed by atoms with Crippen molar-refractivity contribution in [1.29, 1.82) is 5.26 Å². The number of rotatable bonds is 3. The first-order valence-corrected chi connectivity index (χ1v) is 4.80. The van der Waals surface area contributed by atoms with Gasteiger partial charge in [-0.2, -0.15) is 10.4 Å². The summed E-state index contributed by atoms with van der Waals surface area (Å²) in [6.45, 7) is 0.756. The minimum Gasteiger partial charge on any atom is -0.268 e. The Morgan fingerprint density at radius 2 is 2.00 bits per heavy atom. The molecule has 0 atom stereocenters. The van der Waals surface area contributed by atoms with E-state index < -0.39 is 0 Å². The Morgan fingerprint density at radius 3 is 2.73 bits per heavy atom. The van der Waals surface area contributed by atoms with Gasteiger partial charge in [0, 0.05) is 11.8 Å². The minimum absolute atomic E-state index is 0.425. The van der Waals surface area contributed by atoms with Gasteiger partial charge in [0.05, 0.1) is 25.2 Å². The lowest BCUT2D eigenvalue weighted by Gasteiger charge is -2.00. The molecule has 3 heteroatoms. The first-order chi connectivity index (χ1) is 7.38. The van der Waals surface area contributed by atoms with Crippen molar-refractivity contribution in [3.05, 3.63) is 53.9 Å². The Morgan fingerprint density at radius 1 is 1.20 bits per heavy atom. The average Bonchev–Trinajstić information content (AvgIpc) is 2.68. The van der Waals surface area contributed by atoms with Crippen molar-refractivity contribution in [2.45, 2.75) is 13.0 Å². The molecule has 0 N–H and O–H groups in total. The molecule has 0 radical (unpaired) electrons. The fourth-order valence-electron chi connectivity index (χ4n) is 1.45. The van der Waals surface area contributed by atoms with Gasteiger partial charge < -0.3 is 0 Å². The van der Waals surface area contributed by atoms with E-state index in [1.54, 1.807) is 6.20 Å².